The first-order valence-electron chi connectivity index (χ1n) is 8.13. The summed E-state index contributed by atoms with van der Waals surface area (Å²) in [5, 5.41) is 12.8. The van der Waals surface area contributed by atoms with Crippen LogP contribution in [0.25, 0.3) is 0 Å². The van der Waals surface area contributed by atoms with E-state index in [2.05, 4.69) is 60.7 Å². The topological polar surface area (TPSA) is 29.5 Å². The standard InChI is InChI=1S/C21H21O2P/c22-16-9-17-23-20-14-7-8-15-21(20)24(18-10-3-1-4-11-18)19-12-5-2-6-13-19/h1-8,10-15,22H,9,16-17H2. The summed E-state index contributed by atoms with van der Waals surface area (Å²) in [6.45, 7) is 0.675. The number of hydrogen-bond donors (Lipinski definition) is 1. The van der Waals surface area contributed by atoms with E-state index >= 15 is 0 Å². The number of benzene rings is 3. The summed E-state index contributed by atoms with van der Waals surface area (Å²) in [5.41, 5.74) is 0. The lowest BCUT2D eigenvalue weighted by atomic mass is 10.3. The number of hydrogen-bond acceptors (Lipinski definition) is 2. The van der Waals surface area contributed by atoms with Gasteiger partial charge in [0, 0.05) is 18.3 Å². The molecule has 0 aliphatic rings. The van der Waals surface area contributed by atoms with Crippen molar-refractivity contribution in [2.24, 2.45) is 0 Å². The molecule has 0 spiro atoms. The zero-order valence-corrected chi connectivity index (χ0v) is 14.4. The fourth-order valence-corrected chi connectivity index (χ4v) is 4.98. The normalized spacial score (nSPS) is 10.8. The van der Waals surface area contributed by atoms with Crippen LogP contribution in [0.3, 0.4) is 0 Å². The molecular formula is C21H21O2P. The molecule has 122 valence electrons. The highest BCUT2D eigenvalue weighted by Crippen LogP contribution is 2.36. The van der Waals surface area contributed by atoms with Gasteiger partial charge in [-0.2, -0.15) is 0 Å². The van der Waals surface area contributed by atoms with E-state index < -0.39 is 7.92 Å². The van der Waals surface area contributed by atoms with E-state index in [1.165, 1.54) is 15.9 Å². The van der Waals surface area contributed by atoms with Gasteiger partial charge in [-0.15, -0.1) is 0 Å². The van der Waals surface area contributed by atoms with Crippen molar-refractivity contribution >= 4 is 23.8 Å². The molecule has 24 heavy (non-hydrogen) atoms. The second-order valence-electron chi connectivity index (χ2n) is 5.40. The van der Waals surface area contributed by atoms with Crippen LogP contribution in [-0.2, 0) is 0 Å². The summed E-state index contributed by atoms with van der Waals surface area (Å²) in [6, 6.07) is 29.4. The maximum atomic E-state index is 9.00. The van der Waals surface area contributed by atoms with E-state index in [9.17, 15) is 0 Å². The number of para-hydroxylation sites is 1. The predicted molar refractivity (Wildman–Crippen MR) is 102 cm³/mol. The molecule has 0 heterocycles. The van der Waals surface area contributed by atoms with Gasteiger partial charge in [0.2, 0.25) is 0 Å². The third-order valence-corrected chi connectivity index (χ3v) is 6.18. The Morgan fingerprint density at radius 3 is 1.83 bits per heavy atom. The van der Waals surface area contributed by atoms with Gasteiger partial charge in [0.25, 0.3) is 0 Å². The predicted octanol–water partition coefficient (Wildman–Crippen LogP) is 3.21. The van der Waals surface area contributed by atoms with Crippen LogP contribution in [0, 0.1) is 0 Å². The smallest absolute Gasteiger partial charge is 0.127 e. The molecule has 0 radical (unpaired) electrons. The fraction of sp³-hybridized carbons (Fsp3) is 0.143. The number of aliphatic hydroxyl groups excluding tert-OH is 1. The molecule has 0 saturated heterocycles. The molecule has 1 N–H and O–H groups in total. The third kappa shape index (κ3) is 4.03. The molecular weight excluding hydrogens is 315 g/mol. The van der Waals surface area contributed by atoms with Crippen LogP contribution < -0.4 is 20.7 Å². The van der Waals surface area contributed by atoms with Gasteiger partial charge in [-0.1, -0.05) is 78.9 Å². The largest absolute Gasteiger partial charge is 0.493 e. The number of aliphatic hydroxyl groups is 1. The van der Waals surface area contributed by atoms with E-state index in [1.807, 2.05) is 24.3 Å². The average Bonchev–Trinajstić information content (AvgIpc) is 2.65. The molecule has 0 saturated carbocycles. The summed E-state index contributed by atoms with van der Waals surface area (Å²) >= 11 is 0. The minimum atomic E-state index is -0.675. The molecule has 0 unspecified atom stereocenters. The van der Waals surface area contributed by atoms with Crippen LogP contribution in [-0.4, -0.2) is 18.3 Å². The molecule has 0 atom stereocenters. The van der Waals surface area contributed by atoms with Gasteiger partial charge in [-0.05, 0) is 24.6 Å². The van der Waals surface area contributed by atoms with Gasteiger partial charge in [0.1, 0.15) is 5.75 Å². The van der Waals surface area contributed by atoms with Crippen LogP contribution in [0.2, 0.25) is 0 Å². The highest BCUT2D eigenvalue weighted by molar-refractivity contribution is 7.80. The Kier molecular flexibility index (Phi) is 6.01. The van der Waals surface area contributed by atoms with E-state index in [4.69, 9.17) is 9.84 Å². The van der Waals surface area contributed by atoms with Crippen molar-refractivity contribution in [1.29, 1.82) is 0 Å². The van der Waals surface area contributed by atoms with Gasteiger partial charge < -0.3 is 9.84 Å². The van der Waals surface area contributed by atoms with Crippen LogP contribution in [0.15, 0.2) is 84.9 Å². The van der Waals surface area contributed by atoms with Gasteiger partial charge in [-0.3, -0.25) is 0 Å². The van der Waals surface area contributed by atoms with Crippen molar-refractivity contribution in [1.82, 2.24) is 0 Å². The summed E-state index contributed by atoms with van der Waals surface area (Å²) in [7, 11) is -0.675. The Bertz CT molecular complexity index is 705. The zero-order chi connectivity index (χ0) is 16.6. The van der Waals surface area contributed by atoms with Crippen molar-refractivity contribution in [2.75, 3.05) is 13.2 Å². The second-order valence-corrected chi connectivity index (χ2v) is 7.59. The monoisotopic (exact) mass is 336 g/mol. The molecule has 3 aromatic rings. The molecule has 0 bridgehead atoms. The second kappa shape index (κ2) is 8.63. The average molecular weight is 336 g/mol. The zero-order valence-electron chi connectivity index (χ0n) is 13.5. The molecule has 3 heteroatoms. The van der Waals surface area contributed by atoms with E-state index in [1.54, 1.807) is 0 Å². The van der Waals surface area contributed by atoms with Gasteiger partial charge >= 0.3 is 0 Å². The molecule has 0 amide bonds. The quantitative estimate of drug-likeness (QED) is 0.530. The highest BCUT2D eigenvalue weighted by atomic mass is 31.1. The van der Waals surface area contributed by atoms with Crippen molar-refractivity contribution < 1.29 is 9.84 Å². The summed E-state index contributed by atoms with van der Waals surface area (Å²) in [4.78, 5) is 0. The van der Waals surface area contributed by atoms with Crippen molar-refractivity contribution in [2.45, 2.75) is 6.42 Å². The molecule has 0 aliphatic carbocycles. The molecule has 0 aliphatic heterocycles. The van der Waals surface area contributed by atoms with Gasteiger partial charge in [0.05, 0.1) is 6.61 Å². The number of rotatable bonds is 7. The van der Waals surface area contributed by atoms with E-state index in [0.717, 1.165) is 5.75 Å². The summed E-state index contributed by atoms with van der Waals surface area (Å²) < 4.78 is 5.96. The summed E-state index contributed by atoms with van der Waals surface area (Å²) in [5.74, 6) is 0.907. The van der Waals surface area contributed by atoms with Crippen molar-refractivity contribution in [3.63, 3.8) is 0 Å². The van der Waals surface area contributed by atoms with Crippen LogP contribution >= 0.6 is 7.92 Å². The van der Waals surface area contributed by atoms with Crippen LogP contribution in [0.1, 0.15) is 6.42 Å². The molecule has 3 rings (SSSR count). The van der Waals surface area contributed by atoms with Crippen LogP contribution in [0.4, 0.5) is 0 Å². The maximum Gasteiger partial charge on any atom is 0.127 e. The Hall–Kier alpha value is -2.15. The molecule has 0 fully saturated rings. The Morgan fingerprint density at radius 1 is 0.708 bits per heavy atom. The lowest BCUT2D eigenvalue weighted by Gasteiger charge is -2.22. The van der Waals surface area contributed by atoms with Crippen LogP contribution in [0.5, 0.6) is 5.75 Å². The van der Waals surface area contributed by atoms with Gasteiger partial charge in [-0.25, -0.2) is 0 Å². The first kappa shape index (κ1) is 16.7. The van der Waals surface area contributed by atoms with Crippen molar-refractivity contribution in [3.8, 4) is 5.75 Å². The fourth-order valence-electron chi connectivity index (χ4n) is 2.59. The Balaban J connectivity index is 2.04. The third-order valence-electron chi connectivity index (χ3n) is 3.69. The number of ether oxygens (including phenoxy) is 1. The van der Waals surface area contributed by atoms with E-state index in [0.29, 0.717) is 13.0 Å². The highest BCUT2D eigenvalue weighted by Gasteiger charge is 2.19. The lowest BCUT2D eigenvalue weighted by Crippen LogP contribution is -2.22. The Labute approximate surface area is 144 Å². The maximum absolute atomic E-state index is 9.00. The Morgan fingerprint density at radius 2 is 1.25 bits per heavy atom. The summed E-state index contributed by atoms with van der Waals surface area (Å²) in [6.07, 6.45) is 0.642. The minimum absolute atomic E-state index is 0.147. The minimum Gasteiger partial charge on any atom is -0.493 e. The first-order valence-corrected chi connectivity index (χ1v) is 9.47. The first-order chi connectivity index (χ1) is 11.9. The molecule has 2 nitrogen and oxygen atoms in total. The van der Waals surface area contributed by atoms with Crippen molar-refractivity contribution in [3.05, 3.63) is 84.9 Å². The molecule has 0 aromatic heterocycles. The van der Waals surface area contributed by atoms with E-state index in [-0.39, 0.29) is 6.61 Å². The lowest BCUT2D eigenvalue weighted by molar-refractivity contribution is 0.234. The van der Waals surface area contributed by atoms with Gasteiger partial charge in [0.15, 0.2) is 0 Å². The SMILES string of the molecule is OCCCOc1ccccc1P(c1ccccc1)c1ccccc1. The molecule has 3 aromatic carbocycles.